The van der Waals surface area contributed by atoms with Gasteiger partial charge in [-0.25, -0.2) is 0 Å². The Morgan fingerprint density at radius 3 is 2.04 bits per heavy atom. The molecule has 0 aliphatic rings. The maximum absolute atomic E-state index is 5.59. The fourth-order valence-corrected chi connectivity index (χ4v) is 3.76. The standard InChI is InChI=1S/C25H26N2O/c1-28-24-14-8-13-23-25(24)22(17-26-23)15-16-27(18-20-9-4-2-5-10-20)19-21-11-6-3-7-12-21/h2-14,17,26H,15-16,18-19H2,1H3. The third kappa shape index (κ3) is 4.26. The molecular weight excluding hydrogens is 344 g/mol. The summed E-state index contributed by atoms with van der Waals surface area (Å²) in [5.74, 6) is 0.936. The quantitative estimate of drug-likeness (QED) is 0.448. The van der Waals surface area contributed by atoms with Crippen LogP contribution in [0.25, 0.3) is 10.9 Å². The van der Waals surface area contributed by atoms with Gasteiger partial charge in [-0.15, -0.1) is 0 Å². The van der Waals surface area contributed by atoms with Crippen LogP contribution in [0.4, 0.5) is 0 Å². The van der Waals surface area contributed by atoms with Gasteiger partial charge in [0.15, 0.2) is 0 Å². The first-order chi connectivity index (χ1) is 13.8. The minimum Gasteiger partial charge on any atom is -0.496 e. The van der Waals surface area contributed by atoms with Crippen LogP contribution in [0.1, 0.15) is 16.7 Å². The van der Waals surface area contributed by atoms with Crippen LogP contribution in [0.2, 0.25) is 0 Å². The molecule has 1 N–H and O–H groups in total. The molecular formula is C25H26N2O. The number of benzene rings is 3. The lowest BCUT2D eigenvalue weighted by atomic mass is 10.1. The van der Waals surface area contributed by atoms with Crippen LogP contribution in [0.3, 0.4) is 0 Å². The van der Waals surface area contributed by atoms with Gasteiger partial charge in [0.2, 0.25) is 0 Å². The summed E-state index contributed by atoms with van der Waals surface area (Å²) in [6, 6.07) is 27.6. The van der Waals surface area contributed by atoms with Crippen LogP contribution in [0.5, 0.6) is 5.75 Å². The van der Waals surface area contributed by atoms with Crippen LogP contribution in [-0.4, -0.2) is 23.5 Å². The molecule has 0 unspecified atom stereocenters. The van der Waals surface area contributed by atoms with Crippen molar-refractivity contribution in [3.05, 3.63) is 102 Å². The van der Waals surface area contributed by atoms with E-state index >= 15 is 0 Å². The molecule has 3 heteroatoms. The van der Waals surface area contributed by atoms with Gasteiger partial charge < -0.3 is 9.72 Å². The Morgan fingerprint density at radius 2 is 1.43 bits per heavy atom. The van der Waals surface area contributed by atoms with Gasteiger partial charge in [-0.05, 0) is 35.2 Å². The third-order valence-corrected chi connectivity index (χ3v) is 5.16. The molecule has 1 aromatic heterocycles. The van der Waals surface area contributed by atoms with Crippen molar-refractivity contribution in [2.45, 2.75) is 19.5 Å². The number of aromatic amines is 1. The van der Waals surface area contributed by atoms with E-state index in [1.807, 2.05) is 12.1 Å². The Morgan fingerprint density at radius 1 is 0.786 bits per heavy atom. The molecule has 0 bridgehead atoms. The molecule has 4 aromatic rings. The topological polar surface area (TPSA) is 28.3 Å². The number of nitrogens with one attached hydrogen (secondary N) is 1. The average molecular weight is 370 g/mol. The Balaban J connectivity index is 1.54. The fraction of sp³-hybridized carbons (Fsp3) is 0.200. The van der Waals surface area contributed by atoms with E-state index in [0.29, 0.717) is 0 Å². The zero-order valence-corrected chi connectivity index (χ0v) is 16.3. The van der Waals surface area contributed by atoms with E-state index < -0.39 is 0 Å². The summed E-state index contributed by atoms with van der Waals surface area (Å²) in [5.41, 5.74) is 5.12. The van der Waals surface area contributed by atoms with E-state index in [2.05, 4.69) is 82.8 Å². The molecule has 0 atom stereocenters. The maximum atomic E-state index is 5.59. The average Bonchev–Trinajstić information content (AvgIpc) is 3.17. The summed E-state index contributed by atoms with van der Waals surface area (Å²) < 4.78 is 5.59. The monoisotopic (exact) mass is 370 g/mol. The third-order valence-electron chi connectivity index (χ3n) is 5.16. The molecule has 0 radical (unpaired) electrons. The number of nitrogens with zero attached hydrogens (tertiary/aromatic N) is 1. The molecule has 3 nitrogen and oxygen atoms in total. The van der Waals surface area contributed by atoms with Crippen LogP contribution in [-0.2, 0) is 19.5 Å². The Labute approximate surface area is 166 Å². The Kier molecular flexibility index (Phi) is 5.74. The number of methoxy groups -OCH3 is 1. The van der Waals surface area contributed by atoms with Gasteiger partial charge in [-0.1, -0.05) is 66.7 Å². The van der Waals surface area contributed by atoms with Crippen LogP contribution >= 0.6 is 0 Å². The smallest absolute Gasteiger partial charge is 0.128 e. The number of H-pyrrole nitrogens is 1. The zero-order valence-electron chi connectivity index (χ0n) is 16.3. The largest absolute Gasteiger partial charge is 0.496 e. The highest BCUT2D eigenvalue weighted by Gasteiger charge is 2.12. The molecule has 0 aliphatic carbocycles. The first-order valence-corrected chi connectivity index (χ1v) is 9.76. The normalized spacial score (nSPS) is 11.2. The van der Waals surface area contributed by atoms with Crippen molar-refractivity contribution in [2.75, 3.05) is 13.7 Å². The van der Waals surface area contributed by atoms with Crippen molar-refractivity contribution in [2.24, 2.45) is 0 Å². The molecule has 1 heterocycles. The molecule has 0 amide bonds. The Hall–Kier alpha value is -3.04. The molecule has 0 fully saturated rings. The van der Waals surface area contributed by atoms with Crippen molar-refractivity contribution < 1.29 is 4.74 Å². The minimum atomic E-state index is 0.936. The lowest BCUT2D eigenvalue weighted by Crippen LogP contribution is -2.25. The molecule has 3 aromatic carbocycles. The zero-order chi connectivity index (χ0) is 19.2. The van der Waals surface area contributed by atoms with Crippen molar-refractivity contribution in [1.82, 2.24) is 9.88 Å². The van der Waals surface area contributed by atoms with Gasteiger partial charge in [0.1, 0.15) is 5.75 Å². The SMILES string of the molecule is COc1cccc2[nH]cc(CCN(Cc3ccccc3)Cc3ccccc3)c12. The predicted molar refractivity (Wildman–Crippen MR) is 116 cm³/mol. The highest BCUT2D eigenvalue weighted by molar-refractivity contribution is 5.89. The summed E-state index contributed by atoms with van der Waals surface area (Å²) in [6.45, 7) is 2.86. The van der Waals surface area contributed by atoms with Gasteiger partial charge in [0, 0.05) is 36.7 Å². The van der Waals surface area contributed by atoms with E-state index in [0.717, 1.165) is 37.3 Å². The predicted octanol–water partition coefficient (Wildman–Crippen LogP) is 5.42. The van der Waals surface area contributed by atoms with E-state index in [1.54, 1.807) is 7.11 Å². The van der Waals surface area contributed by atoms with Gasteiger partial charge >= 0.3 is 0 Å². The van der Waals surface area contributed by atoms with Gasteiger partial charge in [0.05, 0.1) is 7.11 Å². The highest BCUT2D eigenvalue weighted by atomic mass is 16.5. The molecule has 4 rings (SSSR count). The number of fused-ring (bicyclic) bond motifs is 1. The summed E-state index contributed by atoms with van der Waals surface area (Å²) in [6.07, 6.45) is 3.09. The first kappa shape index (κ1) is 18.3. The van der Waals surface area contributed by atoms with Crippen LogP contribution in [0, 0.1) is 0 Å². The molecule has 0 aliphatic heterocycles. The van der Waals surface area contributed by atoms with Crippen molar-refractivity contribution in [1.29, 1.82) is 0 Å². The van der Waals surface area contributed by atoms with Gasteiger partial charge in [-0.3, -0.25) is 4.90 Å². The second kappa shape index (κ2) is 8.77. The molecule has 28 heavy (non-hydrogen) atoms. The number of ether oxygens (including phenoxy) is 1. The van der Waals surface area contributed by atoms with Gasteiger partial charge in [0.25, 0.3) is 0 Å². The lowest BCUT2D eigenvalue weighted by molar-refractivity contribution is 0.260. The van der Waals surface area contributed by atoms with E-state index in [1.165, 1.54) is 22.1 Å². The number of hydrogen-bond donors (Lipinski definition) is 1. The number of aromatic nitrogens is 1. The first-order valence-electron chi connectivity index (χ1n) is 9.76. The summed E-state index contributed by atoms with van der Waals surface area (Å²) in [5, 5.41) is 1.20. The summed E-state index contributed by atoms with van der Waals surface area (Å²) >= 11 is 0. The van der Waals surface area contributed by atoms with Crippen molar-refractivity contribution in [3.63, 3.8) is 0 Å². The second-order valence-corrected chi connectivity index (χ2v) is 7.13. The number of rotatable bonds is 8. The van der Waals surface area contributed by atoms with E-state index in [9.17, 15) is 0 Å². The number of hydrogen-bond acceptors (Lipinski definition) is 2. The van der Waals surface area contributed by atoms with Crippen LogP contribution < -0.4 is 4.74 Å². The van der Waals surface area contributed by atoms with E-state index in [4.69, 9.17) is 4.74 Å². The van der Waals surface area contributed by atoms with Crippen molar-refractivity contribution in [3.8, 4) is 5.75 Å². The van der Waals surface area contributed by atoms with Crippen molar-refractivity contribution >= 4 is 10.9 Å². The van der Waals surface area contributed by atoms with E-state index in [-0.39, 0.29) is 0 Å². The lowest BCUT2D eigenvalue weighted by Gasteiger charge is -2.22. The van der Waals surface area contributed by atoms with Crippen LogP contribution in [0.15, 0.2) is 85.1 Å². The maximum Gasteiger partial charge on any atom is 0.128 e. The minimum absolute atomic E-state index is 0.936. The fourth-order valence-electron chi connectivity index (χ4n) is 3.76. The molecule has 0 saturated heterocycles. The molecule has 142 valence electrons. The molecule has 0 saturated carbocycles. The van der Waals surface area contributed by atoms with Gasteiger partial charge in [-0.2, -0.15) is 0 Å². The Bertz CT molecular complexity index is 967. The summed E-state index contributed by atoms with van der Waals surface area (Å²) in [4.78, 5) is 5.90. The second-order valence-electron chi connectivity index (χ2n) is 7.13. The highest BCUT2D eigenvalue weighted by Crippen LogP contribution is 2.29. The molecule has 0 spiro atoms. The summed E-state index contributed by atoms with van der Waals surface area (Å²) in [7, 11) is 1.74.